The Hall–Kier alpha value is -0.690. The first-order valence-electron chi connectivity index (χ1n) is 6.40. The summed E-state index contributed by atoms with van der Waals surface area (Å²) in [4.78, 5) is 10.4. The Labute approximate surface area is 108 Å². The molecule has 0 saturated carbocycles. The molecule has 0 unspecified atom stereocenters. The van der Waals surface area contributed by atoms with Gasteiger partial charge < -0.3 is 25.1 Å². The van der Waals surface area contributed by atoms with Crippen LogP contribution in [-0.4, -0.2) is 56.8 Å². The number of carbonyl (C=O) groups is 1. The minimum absolute atomic E-state index is 0.315. The lowest BCUT2D eigenvalue weighted by atomic mass is 10.2. The van der Waals surface area contributed by atoms with Crippen molar-refractivity contribution < 1.29 is 24.1 Å². The van der Waals surface area contributed by atoms with Crippen molar-refractivity contribution in [2.45, 2.75) is 32.2 Å². The molecule has 1 atom stereocenters. The monoisotopic (exact) mass is 263 g/mol. The number of carboxylic acid groups (broad SMARTS) is 1. The van der Waals surface area contributed by atoms with Gasteiger partial charge in [-0.15, -0.1) is 0 Å². The molecule has 0 aromatic heterocycles. The molecule has 0 aliphatic carbocycles. The van der Waals surface area contributed by atoms with E-state index in [1.54, 1.807) is 0 Å². The molecule has 0 amide bonds. The predicted molar refractivity (Wildman–Crippen MR) is 67.6 cm³/mol. The lowest BCUT2D eigenvalue weighted by Gasteiger charge is -2.08. The van der Waals surface area contributed by atoms with Crippen molar-refractivity contribution in [3.05, 3.63) is 0 Å². The first kappa shape index (κ1) is 17.3. The summed E-state index contributed by atoms with van der Waals surface area (Å²) in [5.41, 5.74) is 5.31. The number of unbranched alkanes of at least 4 members (excludes halogenated alkanes) is 1. The third kappa shape index (κ3) is 11.8. The molecule has 18 heavy (non-hydrogen) atoms. The quantitative estimate of drug-likeness (QED) is 0.474. The smallest absolute Gasteiger partial charge is 0.320 e. The molecule has 6 heteroatoms. The van der Waals surface area contributed by atoms with Gasteiger partial charge in [0.25, 0.3) is 0 Å². The molecule has 0 spiro atoms. The van der Waals surface area contributed by atoms with Crippen LogP contribution in [0.3, 0.4) is 0 Å². The second-order valence-corrected chi connectivity index (χ2v) is 3.92. The SMILES string of the molecule is CCCCOCCOCCOCC[C@@H](N)C(=O)O. The molecular formula is C12H25NO5. The van der Waals surface area contributed by atoms with Crippen LogP contribution < -0.4 is 5.73 Å². The van der Waals surface area contributed by atoms with E-state index in [4.69, 9.17) is 25.1 Å². The molecule has 0 aliphatic rings. The Bertz CT molecular complexity index is 201. The molecule has 0 rings (SSSR count). The van der Waals surface area contributed by atoms with E-state index in [-0.39, 0.29) is 0 Å². The van der Waals surface area contributed by atoms with Crippen LogP contribution in [0.2, 0.25) is 0 Å². The summed E-state index contributed by atoms with van der Waals surface area (Å²) in [7, 11) is 0. The second kappa shape index (κ2) is 12.8. The molecule has 0 aliphatic heterocycles. The van der Waals surface area contributed by atoms with Gasteiger partial charge in [-0.3, -0.25) is 4.79 Å². The van der Waals surface area contributed by atoms with Crippen molar-refractivity contribution >= 4 is 5.97 Å². The van der Waals surface area contributed by atoms with Crippen LogP contribution in [0.15, 0.2) is 0 Å². The number of hydrogen-bond donors (Lipinski definition) is 2. The molecule has 6 nitrogen and oxygen atoms in total. The maximum absolute atomic E-state index is 10.4. The third-order valence-electron chi connectivity index (χ3n) is 2.28. The standard InChI is InChI=1S/C12H25NO5/c1-2-3-5-16-7-9-18-10-8-17-6-4-11(13)12(14)15/h11H,2-10,13H2,1H3,(H,14,15)/t11-/m1/s1. The molecule has 0 aromatic rings. The van der Waals surface area contributed by atoms with Gasteiger partial charge in [0.2, 0.25) is 0 Å². The topological polar surface area (TPSA) is 91.0 Å². The summed E-state index contributed by atoms with van der Waals surface area (Å²) in [6.07, 6.45) is 2.52. The molecule has 0 heterocycles. The van der Waals surface area contributed by atoms with Crippen LogP contribution in [0.4, 0.5) is 0 Å². The molecule has 108 valence electrons. The highest BCUT2D eigenvalue weighted by atomic mass is 16.5. The maximum Gasteiger partial charge on any atom is 0.320 e. The highest BCUT2D eigenvalue weighted by molar-refractivity contribution is 5.72. The summed E-state index contributed by atoms with van der Waals surface area (Å²) in [6.45, 7) is 5.33. The molecule has 0 saturated heterocycles. The number of rotatable bonds is 13. The van der Waals surface area contributed by atoms with Crippen LogP contribution in [0, 0.1) is 0 Å². The Kier molecular flexibility index (Phi) is 12.3. The summed E-state index contributed by atoms with van der Waals surface area (Å²) in [5, 5.41) is 8.52. The maximum atomic E-state index is 10.4. The number of nitrogens with two attached hydrogens (primary N) is 1. The fourth-order valence-electron chi connectivity index (χ4n) is 1.12. The van der Waals surface area contributed by atoms with Crippen molar-refractivity contribution in [1.29, 1.82) is 0 Å². The van der Waals surface area contributed by atoms with Crippen LogP contribution in [0.5, 0.6) is 0 Å². The number of ether oxygens (including phenoxy) is 3. The van der Waals surface area contributed by atoms with Gasteiger partial charge in [0, 0.05) is 13.2 Å². The first-order valence-corrected chi connectivity index (χ1v) is 6.40. The number of carboxylic acids is 1. The average molecular weight is 263 g/mol. The fourth-order valence-corrected chi connectivity index (χ4v) is 1.12. The van der Waals surface area contributed by atoms with Gasteiger partial charge in [-0.05, 0) is 12.8 Å². The van der Waals surface area contributed by atoms with Gasteiger partial charge in [0.15, 0.2) is 0 Å². The summed E-state index contributed by atoms with van der Waals surface area (Å²) < 4.78 is 15.8. The second-order valence-electron chi connectivity index (χ2n) is 3.92. The third-order valence-corrected chi connectivity index (χ3v) is 2.28. The molecule has 0 radical (unpaired) electrons. The van der Waals surface area contributed by atoms with E-state index in [2.05, 4.69) is 6.92 Å². The summed E-state index contributed by atoms with van der Waals surface area (Å²) in [6, 6.07) is -0.849. The zero-order chi connectivity index (χ0) is 13.6. The molecule has 3 N–H and O–H groups in total. The van der Waals surface area contributed by atoms with Crippen molar-refractivity contribution in [3.63, 3.8) is 0 Å². The number of hydrogen-bond acceptors (Lipinski definition) is 5. The van der Waals surface area contributed by atoms with Crippen LogP contribution in [-0.2, 0) is 19.0 Å². The van der Waals surface area contributed by atoms with Crippen LogP contribution >= 0.6 is 0 Å². The van der Waals surface area contributed by atoms with E-state index in [0.717, 1.165) is 19.4 Å². The van der Waals surface area contributed by atoms with E-state index < -0.39 is 12.0 Å². The van der Waals surface area contributed by atoms with Gasteiger partial charge in [0.05, 0.1) is 26.4 Å². The van der Waals surface area contributed by atoms with E-state index >= 15 is 0 Å². The molecule has 0 aromatic carbocycles. The first-order chi connectivity index (χ1) is 8.68. The highest BCUT2D eigenvalue weighted by Crippen LogP contribution is 1.90. The van der Waals surface area contributed by atoms with Gasteiger partial charge in [-0.1, -0.05) is 13.3 Å². The number of aliphatic carboxylic acids is 1. The fraction of sp³-hybridized carbons (Fsp3) is 0.917. The van der Waals surface area contributed by atoms with Gasteiger partial charge in [-0.25, -0.2) is 0 Å². The van der Waals surface area contributed by atoms with Crippen molar-refractivity contribution in [1.82, 2.24) is 0 Å². The zero-order valence-corrected chi connectivity index (χ0v) is 11.1. The zero-order valence-electron chi connectivity index (χ0n) is 11.1. The van der Waals surface area contributed by atoms with E-state index in [9.17, 15) is 4.79 Å². The molecule has 0 bridgehead atoms. The normalized spacial score (nSPS) is 12.6. The lowest BCUT2D eigenvalue weighted by molar-refractivity contribution is -0.139. The van der Waals surface area contributed by atoms with Crippen LogP contribution in [0.1, 0.15) is 26.2 Å². The average Bonchev–Trinajstić information content (AvgIpc) is 2.35. The summed E-state index contributed by atoms with van der Waals surface area (Å²) >= 11 is 0. The van der Waals surface area contributed by atoms with Gasteiger partial charge >= 0.3 is 5.97 Å². The van der Waals surface area contributed by atoms with Gasteiger partial charge in [-0.2, -0.15) is 0 Å². The summed E-state index contributed by atoms with van der Waals surface area (Å²) in [5.74, 6) is -1.00. The minimum Gasteiger partial charge on any atom is -0.480 e. The highest BCUT2D eigenvalue weighted by Gasteiger charge is 2.09. The Morgan fingerprint density at radius 3 is 2.06 bits per heavy atom. The van der Waals surface area contributed by atoms with Crippen molar-refractivity contribution in [3.8, 4) is 0 Å². The van der Waals surface area contributed by atoms with E-state index in [1.807, 2.05) is 0 Å². The van der Waals surface area contributed by atoms with Crippen molar-refractivity contribution in [2.75, 3.05) is 39.6 Å². The van der Waals surface area contributed by atoms with E-state index in [0.29, 0.717) is 39.5 Å². The van der Waals surface area contributed by atoms with Gasteiger partial charge in [0.1, 0.15) is 6.04 Å². The van der Waals surface area contributed by atoms with Crippen molar-refractivity contribution in [2.24, 2.45) is 5.73 Å². The largest absolute Gasteiger partial charge is 0.480 e. The minimum atomic E-state index is -1.00. The lowest BCUT2D eigenvalue weighted by Crippen LogP contribution is -2.31. The Morgan fingerprint density at radius 1 is 1.06 bits per heavy atom. The van der Waals surface area contributed by atoms with Crippen LogP contribution in [0.25, 0.3) is 0 Å². The molecule has 0 fully saturated rings. The Morgan fingerprint density at radius 2 is 1.56 bits per heavy atom. The predicted octanol–water partition coefficient (Wildman–Crippen LogP) is 0.638. The molecular weight excluding hydrogens is 238 g/mol. The van der Waals surface area contributed by atoms with E-state index in [1.165, 1.54) is 0 Å². The Balaban J connectivity index is 3.05.